The van der Waals surface area contributed by atoms with Crippen molar-refractivity contribution in [1.82, 2.24) is 0 Å². The summed E-state index contributed by atoms with van der Waals surface area (Å²) in [5.74, 6) is 0. The largest absolute Gasteiger partial charge is 0.393 e. The van der Waals surface area contributed by atoms with Gasteiger partial charge in [0.25, 0.3) is 0 Å². The Morgan fingerprint density at radius 2 is 1.40 bits per heavy atom. The molecule has 1 unspecified atom stereocenters. The summed E-state index contributed by atoms with van der Waals surface area (Å²) in [5, 5.41) is 9.80. The zero-order chi connectivity index (χ0) is 15.1. The highest BCUT2D eigenvalue weighted by molar-refractivity contribution is 4.98. The van der Waals surface area contributed by atoms with Crippen molar-refractivity contribution in [3.63, 3.8) is 0 Å². The number of aliphatic hydroxyl groups excluding tert-OH is 1. The average molecular weight is 283 g/mol. The van der Waals surface area contributed by atoms with E-state index in [2.05, 4.69) is 26.8 Å². The van der Waals surface area contributed by atoms with Gasteiger partial charge in [0.05, 0.1) is 6.10 Å². The Morgan fingerprint density at radius 3 is 2.00 bits per heavy atom. The molecule has 0 radical (unpaired) electrons. The van der Waals surface area contributed by atoms with Gasteiger partial charge < -0.3 is 5.11 Å². The van der Waals surface area contributed by atoms with Gasteiger partial charge in [0, 0.05) is 0 Å². The third-order valence-corrected chi connectivity index (χ3v) is 4.05. The van der Waals surface area contributed by atoms with Crippen LogP contribution in [0.2, 0.25) is 0 Å². The van der Waals surface area contributed by atoms with Crippen LogP contribution in [0.4, 0.5) is 0 Å². The van der Waals surface area contributed by atoms with Gasteiger partial charge in [-0.2, -0.15) is 0 Å². The highest BCUT2D eigenvalue weighted by Crippen LogP contribution is 2.14. The molecular weight excluding hydrogens is 244 g/mol. The van der Waals surface area contributed by atoms with Crippen molar-refractivity contribution < 1.29 is 5.11 Å². The van der Waals surface area contributed by atoms with Crippen LogP contribution in [-0.2, 0) is 0 Å². The highest BCUT2D eigenvalue weighted by atomic mass is 16.3. The first-order valence-corrected chi connectivity index (χ1v) is 9.04. The molecule has 1 heteroatoms. The summed E-state index contributed by atoms with van der Waals surface area (Å²) in [6.07, 6.45) is 18.6. The third kappa shape index (κ3) is 14.1. The van der Waals surface area contributed by atoms with Gasteiger partial charge >= 0.3 is 0 Å². The predicted octanol–water partition coefficient (Wildman–Crippen LogP) is 6.40. The van der Waals surface area contributed by atoms with E-state index in [9.17, 15) is 5.11 Å². The molecule has 0 aromatic heterocycles. The normalized spacial score (nSPS) is 13.7. The molecule has 0 aromatic carbocycles. The van der Waals surface area contributed by atoms with Crippen LogP contribution in [0.3, 0.4) is 0 Å². The minimum absolute atomic E-state index is 0.122. The molecule has 0 aromatic rings. The van der Waals surface area contributed by atoms with Crippen LogP contribution in [0.1, 0.15) is 104 Å². The molecule has 0 saturated heterocycles. The Bertz CT molecular complexity index is 220. The number of allylic oxidation sites excluding steroid dienone is 1. The molecule has 1 atom stereocenters. The first-order chi connectivity index (χ1) is 9.70. The molecule has 0 spiro atoms. The zero-order valence-corrected chi connectivity index (χ0v) is 14.3. The van der Waals surface area contributed by atoms with Crippen LogP contribution in [0, 0.1) is 0 Å². The van der Waals surface area contributed by atoms with E-state index in [-0.39, 0.29) is 6.10 Å². The van der Waals surface area contributed by atoms with Crippen molar-refractivity contribution in [3.05, 3.63) is 11.6 Å². The summed E-state index contributed by atoms with van der Waals surface area (Å²) in [4.78, 5) is 0. The van der Waals surface area contributed by atoms with Gasteiger partial charge in [-0.25, -0.2) is 0 Å². The lowest BCUT2D eigenvalue weighted by Gasteiger charge is -2.08. The van der Waals surface area contributed by atoms with Crippen LogP contribution in [0.5, 0.6) is 0 Å². The monoisotopic (exact) mass is 282 g/mol. The summed E-state index contributed by atoms with van der Waals surface area (Å²) >= 11 is 0. The van der Waals surface area contributed by atoms with Crippen molar-refractivity contribution in [3.8, 4) is 0 Å². The molecule has 0 amide bonds. The molecule has 0 aliphatic carbocycles. The molecule has 20 heavy (non-hydrogen) atoms. The zero-order valence-electron chi connectivity index (χ0n) is 14.3. The fourth-order valence-corrected chi connectivity index (χ4v) is 2.53. The molecule has 1 nitrogen and oxygen atoms in total. The van der Waals surface area contributed by atoms with E-state index in [1.54, 1.807) is 0 Å². The Kier molecular flexibility index (Phi) is 14.9. The Labute approximate surface area is 127 Å². The van der Waals surface area contributed by atoms with Crippen LogP contribution in [-0.4, -0.2) is 11.2 Å². The van der Waals surface area contributed by atoms with Crippen LogP contribution in [0.25, 0.3) is 0 Å². The second-order valence-electron chi connectivity index (χ2n) is 6.31. The van der Waals surface area contributed by atoms with Gasteiger partial charge in [-0.05, 0) is 32.6 Å². The van der Waals surface area contributed by atoms with E-state index in [4.69, 9.17) is 0 Å². The van der Waals surface area contributed by atoms with Crippen molar-refractivity contribution in [2.45, 2.75) is 110 Å². The number of hydrogen-bond acceptors (Lipinski definition) is 1. The first kappa shape index (κ1) is 19.7. The first-order valence-electron chi connectivity index (χ1n) is 9.04. The van der Waals surface area contributed by atoms with Crippen molar-refractivity contribution in [2.24, 2.45) is 0 Å². The van der Waals surface area contributed by atoms with Gasteiger partial charge in [0.2, 0.25) is 0 Å². The summed E-state index contributed by atoms with van der Waals surface area (Å²) in [6.45, 7) is 6.66. The lowest BCUT2D eigenvalue weighted by molar-refractivity contribution is 0.164. The average Bonchev–Trinajstić information content (AvgIpc) is 2.45. The standard InChI is InChI=1S/C19H38O/c1-4-6-8-9-10-11-12-13-14-18(3)16-17-19(20)15-7-5-2/h16,19-20H,4-15,17H2,1-3H3/b18-16+. The summed E-state index contributed by atoms with van der Waals surface area (Å²) in [7, 11) is 0. The van der Waals surface area contributed by atoms with E-state index in [0.717, 1.165) is 19.3 Å². The highest BCUT2D eigenvalue weighted by Gasteiger charge is 2.01. The van der Waals surface area contributed by atoms with E-state index < -0.39 is 0 Å². The number of unbranched alkanes of at least 4 members (excludes halogenated alkanes) is 8. The van der Waals surface area contributed by atoms with Crippen molar-refractivity contribution >= 4 is 0 Å². The molecule has 0 aliphatic heterocycles. The SMILES string of the molecule is CCCCCCCCCC/C(C)=C/CC(O)CCCC. The van der Waals surface area contributed by atoms with Gasteiger partial charge in [0.1, 0.15) is 0 Å². The minimum atomic E-state index is -0.122. The number of hydrogen-bond donors (Lipinski definition) is 1. The maximum absolute atomic E-state index is 9.80. The summed E-state index contributed by atoms with van der Waals surface area (Å²) in [5.41, 5.74) is 1.46. The van der Waals surface area contributed by atoms with E-state index >= 15 is 0 Å². The van der Waals surface area contributed by atoms with Crippen molar-refractivity contribution in [1.29, 1.82) is 0 Å². The molecule has 120 valence electrons. The summed E-state index contributed by atoms with van der Waals surface area (Å²) in [6, 6.07) is 0. The Hall–Kier alpha value is -0.300. The summed E-state index contributed by atoms with van der Waals surface area (Å²) < 4.78 is 0. The maximum Gasteiger partial charge on any atom is 0.0574 e. The molecule has 0 saturated carbocycles. The topological polar surface area (TPSA) is 20.2 Å². The maximum atomic E-state index is 9.80. The lowest BCUT2D eigenvalue weighted by atomic mass is 10.0. The molecular formula is C19H38O. The smallest absolute Gasteiger partial charge is 0.0574 e. The third-order valence-electron chi connectivity index (χ3n) is 4.05. The van der Waals surface area contributed by atoms with E-state index in [1.807, 2.05) is 0 Å². The quantitative estimate of drug-likeness (QED) is 0.288. The molecule has 0 bridgehead atoms. The van der Waals surface area contributed by atoms with E-state index in [0.29, 0.717) is 0 Å². The molecule has 0 aliphatic rings. The van der Waals surface area contributed by atoms with Gasteiger partial charge in [-0.15, -0.1) is 0 Å². The second kappa shape index (κ2) is 15.1. The minimum Gasteiger partial charge on any atom is -0.393 e. The fourth-order valence-electron chi connectivity index (χ4n) is 2.53. The number of aliphatic hydroxyl groups is 1. The Balaban J connectivity index is 3.40. The molecule has 0 fully saturated rings. The van der Waals surface area contributed by atoms with Gasteiger partial charge in [-0.1, -0.05) is 83.3 Å². The predicted molar refractivity (Wildman–Crippen MR) is 91.1 cm³/mol. The lowest BCUT2D eigenvalue weighted by Crippen LogP contribution is -2.04. The fraction of sp³-hybridized carbons (Fsp3) is 0.895. The molecule has 0 heterocycles. The van der Waals surface area contributed by atoms with Gasteiger partial charge in [0.15, 0.2) is 0 Å². The van der Waals surface area contributed by atoms with Crippen LogP contribution >= 0.6 is 0 Å². The van der Waals surface area contributed by atoms with Gasteiger partial charge in [-0.3, -0.25) is 0 Å². The van der Waals surface area contributed by atoms with E-state index in [1.165, 1.54) is 69.8 Å². The van der Waals surface area contributed by atoms with Crippen LogP contribution < -0.4 is 0 Å². The Morgan fingerprint density at radius 1 is 0.850 bits per heavy atom. The van der Waals surface area contributed by atoms with Crippen LogP contribution in [0.15, 0.2) is 11.6 Å². The number of rotatable bonds is 14. The molecule has 1 N–H and O–H groups in total. The van der Waals surface area contributed by atoms with Crippen molar-refractivity contribution in [2.75, 3.05) is 0 Å². The second-order valence-corrected chi connectivity index (χ2v) is 6.31. The molecule has 0 rings (SSSR count).